The molecule has 0 amide bonds. The van der Waals surface area contributed by atoms with Crippen LogP contribution < -0.4 is 5.32 Å². The molecule has 0 aliphatic carbocycles. The van der Waals surface area contributed by atoms with E-state index in [0.717, 1.165) is 6.20 Å². The van der Waals surface area contributed by atoms with E-state index in [1.54, 1.807) is 6.08 Å². The number of nitro groups is 1. The normalized spacial score (nSPS) is 12.0. The second-order valence-corrected chi connectivity index (χ2v) is 5.36. The lowest BCUT2D eigenvalue weighted by Crippen LogP contribution is -2.24. The summed E-state index contributed by atoms with van der Waals surface area (Å²) < 4.78 is 38.8. The van der Waals surface area contributed by atoms with Crippen molar-refractivity contribution in [2.45, 2.75) is 26.4 Å². The van der Waals surface area contributed by atoms with Crippen LogP contribution >= 0.6 is 0 Å². The summed E-state index contributed by atoms with van der Waals surface area (Å²) in [5.41, 5.74) is -2.15. The molecular formula is C13H16F3N3O2. The van der Waals surface area contributed by atoms with Crippen LogP contribution in [0.5, 0.6) is 0 Å². The van der Waals surface area contributed by atoms with Crippen molar-refractivity contribution in [2.75, 3.05) is 11.9 Å². The second kappa shape index (κ2) is 6.11. The van der Waals surface area contributed by atoms with Gasteiger partial charge in [0.2, 0.25) is 0 Å². The molecule has 1 heterocycles. The number of nitrogens with zero attached hydrogens (tertiary/aromatic N) is 2. The summed E-state index contributed by atoms with van der Waals surface area (Å²) in [5.74, 6) is -0.412. The molecule has 1 aromatic rings. The van der Waals surface area contributed by atoms with E-state index >= 15 is 0 Å². The van der Waals surface area contributed by atoms with E-state index in [0.29, 0.717) is 12.5 Å². The molecule has 0 radical (unpaired) electrons. The van der Waals surface area contributed by atoms with Crippen LogP contribution in [-0.4, -0.2) is 16.5 Å². The first-order chi connectivity index (χ1) is 9.57. The van der Waals surface area contributed by atoms with Gasteiger partial charge in [-0.3, -0.25) is 10.1 Å². The van der Waals surface area contributed by atoms with Crippen LogP contribution in [0.25, 0.3) is 0 Å². The summed E-state index contributed by atoms with van der Waals surface area (Å²) in [4.78, 5) is 13.2. The largest absolute Gasteiger partial charge is 0.420 e. The maximum atomic E-state index is 12.9. The fourth-order valence-electron chi connectivity index (χ4n) is 1.70. The van der Waals surface area contributed by atoms with Crippen LogP contribution in [0.3, 0.4) is 0 Å². The van der Waals surface area contributed by atoms with Crippen molar-refractivity contribution in [3.05, 3.63) is 40.6 Å². The van der Waals surface area contributed by atoms with Gasteiger partial charge in [-0.15, -0.1) is 6.58 Å². The molecule has 0 spiro atoms. The number of halogens is 3. The summed E-state index contributed by atoms with van der Waals surface area (Å²) >= 11 is 0. The van der Waals surface area contributed by atoms with Crippen molar-refractivity contribution in [3.63, 3.8) is 0 Å². The average molecular weight is 303 g/mol. The van der Waals surface area contributed by atoms with E-state index in [1.165, 1.54) is 0 Å². The molecular weight excluding hydrogens is 287 g/mol. The van der Waals surface area contributed by atoms with Crippen molar-refractivity contribution in [3.8, 4) is 0 Å². The van der Waals surface area contributed by atoms with E-state index in [1.807, 2.05) is 13.8 Å². The zero-order valence-electron chi connectivity index (χ0n) is 11.7. The van der Waals surface area contributed by atoms with Crippen molar-refractivity contribution in [1.29, 1.82) is 0 Å². The van der Waals surface area contributed by atoms with Crippen molar-refractivity contribution in [2.24, 2.45) is 5.41 Å². The average Bonchev–Trinajstić information content (AvgIpc) is 2.35. The van der Waals surface area contributed by atoms with Gasteiger partial charge in [0.05, 0.1) is 4.92 Å². The lowest BCUT2D eigenvalue weighted by molar-refractivity contribution is -0.385. The molecule has 0 saturated carbocycles. The number of hydrogen-bond donors (Lipinski definition) is 1. The van der Waals surface area contributed by atoms with Crippen LogP contribution in [0.4, 0.5) is 24.7 Å². The summed E-state index contributed by atoms with van der Waals surface area (Å²) in [7, 11) is 0. The van der Waals surface area contributed by atoms with Crippen molar-refractivity contribution in [1.82, 2.24) is 4.98 Å². The van der Waals surface area contributed by atoms with E-state index < -0.39 is 28.2 Å². The third kappa shape index (κ3) is 4.73. The predicted octanol–water partition coefficient (Wildman–Crippen LogP) is 4.02. The van der Waals surface area contributed by atoms with Crippen LogP contribution in [0.1, 0.15) is 25.8 Å². The third-order valence-electron chi connectivity index (χ3n) is 2.82. The van der Waals surface area contributed by atoms with E-state index in [2.05, 4.69) is 16.9 Å². The summed E-state index contributed by atoms with van der Waals surface area (Å²) in [6.07, 6.45) is -1.63. The van der Waals surface area contributed by atoms with Gasteiger partial charge in [-0.25, -0.2) is 4.98 Å². The summed E-state index contributed by atoms with van der Waals surface area (Å²) in [6.45, 7) is 7.54. The number of allylic oxidation sites excluding steroid dienone is 1. The molecule has 8 heteroatoms. The zero-order valence-corrected chi connectivity index (χ0v) is 11.7. The minimum Gasteiger partial charge on any atom is -0.369 e. The van der Waals surface area contributed by atoms with E-state index in [4.69, 9.17) is 0 Å². The lowest BCUT2D eigenvalue weighted by atomic mass is 9.89. The maximum absolute atomic E-state index is 12.9. The van der Waals surface area contributed by atoms with Crippen LogP contribution in [0.15, 0.2) is 24.9 Å². The van der Waals surface area contributed by atoms with Gasteiger partial charge in [0.1, 0.15) is 17.6 Å². The first-order valence-electron chi connectivity index (χ1n) is 6.13. The Balaban J connectivity index is 3.07. The standard InChI is InChI=1S/C13H16F3N3O2/c1-4-5-12(2,3)8-18-11-10(13(14,15)16)6-9(7-17-11)19(20)21/h4,6-7H,1,5,8H2,2-3H3,(H,17,18). The zero-order chi connectivity index (χ0) is 16.3. The molecule has 0 bridgehead atoms. The Morgan fingerprint density at radius 2 is 2.10 bits per heavy atom. The Kier molecular flexibility index (Phi) is 4.93. The van der Waals surface area contributed by atoms with Crippen LogP contribution in [0, 0.1) is 15.5 Å². The van der Waals surface area contributed by atoms with Crippen molar-refractivity contribution < 1.29 is 18.1 Å². The number of rotatable bonds is 6. The van der Waals surface area contributed by atoms with Gasteiger partial charge in [0.15, 0.2) is 0 Å². The fourth-order valence-corrected chi connectivity index (χ4v) is 1.70. The Hall–Kier alpha value is -2.12. The molecule has 0 aliphatic heterocycles. The molecule has 0 atom stereocenters. The number of hydrogen-bond acceptors (Lipinski definition) is 4. The molecule has 0 aromatic carbocycles. The number of anilines is 1. The Labute approximate surface area is 120 Å². The minimum absolute atomic E-state index is 0.229. The van der Waals surface area contributed by atoms with Gasteiger partial charge in [0, 0.05) is 12.6 Å². The molecule has 0 fully saturated rings. The first-order valence-corrected chi connectivity index (χ1v) is 6.13. The van der Waals surface area contributed by atoms with Gasteiger partial charge in [-0.1, -0.05) is 19.9 Å². The Morgan fingerprint density at radius 3 is 2.57 bits per heavy atom. The monoisotopic (exact) mass is 303 g/mol. The molecule has 0 saturated heterocycles. The first kappa shape index (κ1) is 16.9. The predicted molar refractivity (Wildman–Crippen MR) is 73.0 cm³/mol. The highest BCUT2D eigenvalue weighted by atomic mass is 19.4. The van der Waals surface area contributed by atoms with Gasteiger partial charge in [-0.2, -0.15) is 13.2 Å². The molecule has 5 nitrogen and oxygen atoms in total. The maximum Gasteiger partial charge on any atom is 0.420 e. The summed E-state index contributed by atoms with van der Waals surface area (Å²) in [6, 6.07) is 0.482. The highest BCUT2D eigenvalue weighted by molar-refractivity contribution is 5.50. The van der Waals surface area contributed by atoms with Gasteiger partial charge in [0.25, 0.3) is 5.69 Å². The van der Waals surface area contributed by atoms with Crippen LogP contribution in [0.2, 0.25) is 0 Å². The molecule has 1 rings (SSSR count). The lowest BCUT2D eigenvalue weighted by Gasteiger charge is -2.24. The molecule has 1 aromatic heterocycles. The Bertz CT molecular complexity index is 542. The SMILES string of the molecule is C=CCC(C)(C)CNc1ncc([N+](=O)[O-])cc1C(F)(F)F. The number of aromatic nitrogens is 1. The quantitative estimate of drug-likeness (QED) is 0.489. The topological polar surface area (TPSA) is 68.1 Å². The summed E-state index contributed by atoms with van der Waals surface area (Å²) in [5, 5.41) is 13.2. The fraction of sp³-hybridized carbons (Fsp3) is 0.462. The highest BCUT2D eigenvalue weighted by Gasteiger charge is 2.36. The molecule has 1 N–H and O–H groups in total. The van der Waals surface area contributed by atoms with Crippen molar-refractivity contribution >= 4 is 11.5 Å². The molecule has 0 aliphatic rings. The van der Waals surface area contributed by atoms with Gasteiger partial charge in [-0.05, 0) is 11.8 Å². The Morgan fingerprint density at radius 1 is 1.48 bits per heavy atom. The van der Waals surface area contributed by atoms with Gasteiger partial charge < -0.3 is 5.32 Å². The molecule has 21 heavy (non-hydrogen) atoms. The molecule has 116 valence electrons. The number of alkyl halides is 3. The molecule has 0 unspecified atom stereocenters. The number of nitrogens with one attached hydrogen (secondary N) is 1. The van der Waals surface area contributed by atoms with E-state index in [-0.39, 0.29) is 12.0 Å². The highest BCUT2D eigenvalue weighted by Crippen LogP contribution is 2.36. The smallest absolute Gasteiger partial charge is 0.369 e. The van der Waals surface area contributed by atoms with Crippen LogP contribution in [-0.2, 0) is 6.18 Å². The third-order valence-corrected chi connectivity index (χ3v) is 2.82. The second-order valence-electron chi connectivity index (χ2n) is 5.36. The van der Waals surface area contributed by atoms with E-state index in [9.17, 15) is 23.3 Å². The minimum atomic E-state index is -4.72. The number of pyridine rings is 1. The van der Waals surface area contributed by atoms with Gasteiger partial charge >= 0.3 is 6.18 Å².